The van der Waals surface area contributed by atoms with Crippen molar-refractivity contribution in [2.75, 3.05) is 0 Å². The van der Waals surface area contributed by atoms with Gasteiger partial charge in [0, 0.05) is 22.0 Å². The van der Waals surface area contributed by atoms with Gasteiger partial charge in [0.1, 0.15) is 5.82 Å². The average molecular weight is 253 g/mol. The second-order valence-corrected chi connectivity index (χ2v) is 4.59. The number of H-pyrrole nitrogens is 1. The summed E-state index contributed by atoms with van der Waals surface area (Å²) in [4.78, 5) is 14.5. The molecule has 0 saturated heterocycles. The van der Waals surface area contributed by atoms with Crippen molar-refractivity contribution in [2.24, 2.45) is 0 Å². The fourth-order valence-electron chi connectivity index (χ4n) is 2.32. The van der Waals surface area contributed by atoms with E-state index in [0.29, 0.717) is 16.8 Å². The molecule has 0 atom stereocenters. The number of carbonyl (C=O) groups excluding carboxylic acids is 1. The molecule has 1 N–H and O–H groups in total. The van der Waals surface area contributed by atoms with Crippen LogP contribution in [0.1, 0.15) is 15.9 Å². The molecule has 1 heterocycles. The van der Waals surface area contributed by atoms with Gasteiger partial charge in [-0.3, -0.25) is 4.79 Å². The molecule has 0 radical (unpaired) electrons. The van der Waals surface area contributed by atoms with E-state index in [-0.39, 0.29) is 5.82 Å². The number of aldehydes is 1. The first-order valence-electron chi connectivity index (χ1n) is 6.02. The molecule has 0 aliphatic carbocycles. The van der Waals surface area contributed by atoms with Crippen LogP contribution in [-0.4, -0.2) is 11.3 Å². The van der Waals surface area contributed by atoms with Crippen molar-refractivity contribution in [3.63, 3.8) is 0 Å². The zero-order chi connectivity index (χ0) is 13.4. The first kappa shape index (κ1) is 11.7. The normalized spacial score (nSPS) is 10.8. The second-order valence-electron chi connectivity index (χ2n) is 4.59. The highest BCUT2D eigenvalue weighted by Crippen LogP contribution is 2.29. The van der Waals surface area contributed by atoms with Gasteiger partial charge in [0.25, 0.3) is 0 Å². The molecule has 19 heavy (non-hydrogen) atoms. The molecule has 0 saturated carbocycles. The second kappa shape index (κ2) is 4.35. The molecule has 0 fully saturated rings. The third kappa shape index (κ3) is 1.93. The molecule has 2 aromatic carbocycles. The number of rotatable bonds is 2. The maximum atomic E-state index is 13.3. The third-order valence-electron chi connectivity index (χ3n) is 3.23. The summed E-state index contributed by atoms with van der Waals surface area (Å²) in [6.07, 6.45) is 0.818. The van der Waals surface area contributed by atoms with Gasteiger partial charge in [-0.25, -0.2) is 4.39 Å². The molecule has 0 unspecified atom stereocenters. The van der Waals surface area contributed by atoms with Crippen molar-refractivity contribution in [3.8, 4) is 11.3 Å². The van der Waals surface area contributed by atoms with Gasteiger partial charge >= 0.3 is 0 Å². The predicted molar refractivity (Wildman–Crippen MR) is 73.8 cm³/mol. The van der Waals surface area contributed by atoms with Crippen LogP contribution in [0, 0.1) is 12.7 Å². The highest BCUT2D eigenvalue weighted by Gasteiger charge is 2.12. The van der Waals surface area contributed by atoms with Crippen LogP contribution in [0.2, 0.25) is 0 Å². The lowest BCUT2D eigenvalue weighted by Gasteiger charge is -1.99. The Balaban J connectivity index is 2.32. The fourth-order valence-corrected chi connectivity index (χ4v) is 2.32. The van der Waals surface area contributed by atoms with Crippen LogP contribution < -0.4 is 0 Å². The highest BCUT2D eigenvalue weighted by molar-refractivity contribution is 6.04. The number of hydrogen-bond acceptors (Lipinski definition) is 1. The number of carbonyl (C=O) groups is 1. The first-order valence-corrected chi connectivity index (χ1v) is 6.02. The lowest BCUT2D eigenvalue weighted by molar-refractivity contribution is 0.112. The Labute approximate surface area is 109 Å². The van der Waals surface area contributed by atoms with Crippen molar-refractivity contribution in [1.82, 2.24) is 4.98 Å². The van der Waals surface area contributed by atoms with E-state index in [4.69, 9.17) is 0 Å². The monoisotopic (exact) mass is 253 g/mol. The highest BCUT2D eigenvalue weighted by atomic mass is 19.1. The predicted octanol–water partition coefficient (Wildman–Crippen LogP) is 4.09. The summed E-state index contributed by atoms with van der Waals surface area (Å²) in [5, 5.41) is 0.870. The van der Waals surface area contributed by atoms with Gasteiger partial charge in [-0.15, -0.1) is 0 Å². The quantitative estimate of drug-likeness (QED) is 0.685. The number of aromatic amines is 1. The van der Waals surface area contributed by atoms with Crippen LogP contribution in [0.25, 0.3) is 22.2 Å². The third-order valence-corrected chi connectivity index (χ3v) is 3.23. The topological polar surface area (TPSA) is 32.9 Å². The Bertz CT molecular complexity index is 774. The summed E-state index contributed by atoms with van der Waals surface area (Å²) in [5.74, 6) is -0.316. The molecule has 1 aromatic heterocycles. The smallest absolute Gasteiger partial charge is 0.152 e. The minimum Gasteiger partial charge on any atom is -0.354 e. The zero-order valence-electron chi connectivity index (χ0n) is 10.4. The molecule has 0 aliphatic rings. The van der Waals surface area contributed by atoms with E-state index in [1.807, 2.05) is 25.1 Å². The number of benzene rings is 2. The van der Waals surface area contributed by atoms with Gasteiger partial charge < -0.3 is 4.98 Å². The molecule has 0 amide bonds. The maximum Gasteiger partial charge on any atom is 0.152 e. The minimum absolute atomic E-state index is 0.316. The van der Waals surface area contributed by atoms with Crippen LogP contribution in [-0.2, 0) is 0 Å². The van der Waals surface area contributed by atoms with Crippen molar-refractivity contribution < 1.29 is 9.18 Å². The molecule has 0 aliphatic heterocycles. The molecular weight excluding hydrogens is 241 g/mol. The molecule has 3 heteroatoms. The van der Waals surface area contributed by atoms with Crippen LogP contribution in [0.5, 0.6) is 0 Å². The van der Waals surface area contributed by atoms with Crippen LogP contribution in [0.4, 0.5) is 4.39 Å². The number of aryl methyl sites for hydroxylation is 1. The molecule has 2 nitrogen and oxygen atoms in total. The summed E-state index contributed by atoms with van der Waals surface area (Å²) < 4.78 is 13.3. The summed E-state index contributed by atoms with van der Waals surface area (Å²) in [6.45, 7) is 1.98. The van der Waals surface area contributed by atoms with E-state index in [1.54, 1.807) is 12.1 Å². The van der Waals surface area contributed by atoms with Crippen LogP contribution in [0.15, 0.2) is 42.5 Å². The van der Waals surface area contributed by atoms with Gasteiger partial charge in [-0.05, 0) is 31.2 Å². The van der Waals surface area contributed by atoms with Crippen LogP contribution >= 0.6 is 0 Å². The Morgan fingerprint density at radius 3 is 2.74 bits per heavy atom. The molecule has 0 spiro atoms. The van der Waals surface area contributed by atoms with E-state index < -0.39 is 0 Å². The number of halogens is 1. The van der Waals surface area contributed by atoms with Gasteiger partial charge in [-0.2, -0.15) is 0 Å². The SMILES string of the molecule is Cc1ccc2[nH]c(-c3cccc(F)c3)c(C=O)c2c1. The number of nitrogens with one attached hydrogen (secondary N) is 1. The summed E-state index contributed by atoms with van der Waals surface area (Å²) in [6, 6.07) is 12.1. The van der Waals surface area contributed by atoms with Crippen molar-refractivity contribution in [1.29, 1.82) is 0 Å². The maximum absolute atomic E-state index is 13.3. The summed E-state index contributed by atoms with van der Waals surface area (Å²) in [5.41, 5.74) is 3.88. The number of aromatic nitrogens is 1. The average Bonchev–Trinajstić information content (AvgIpc) is 2.76. The minimum atomic E-state index is -0.316. The van der Waals surface area contributed by atoms with Gasteiger partial charge in [0.2, 0.25) is 0 Å². The van der Waals surface area contributed by atoms with E-state index in [2.05, 4.69) is 4.98 Å². The summed E-state index contributed by atoms with van der Waals surface area (Å²) in [7, 11) is 0. The molecule has 94 valence electrons. The van der Waals surface area contributed by atoms with E-state index >= 15 is 0 Å². The molecular formula is C16H12FNO. The molecule has 3 rings (SSSR count). The van der Waals surface area contributed by atoms with Gasteiger partial charge in [0.05, 0.1) is 5.69 Å². The van der Waals surface area contributed by atoms with Crippen molar-refractivity contribution in [2.45, 2.75) is 6.92 Å². The lowest BCUT2D eigenvalue weighted by Crippen LogP contribution is -1.85. The van der Waals surface area contributed by atoms with E-state index in [1.165, 1.54) is 12.1 Å². The largest absolute Gasteiger partial charge is 0.354 e. The Morgan fingerprint density at radius 1 is 1.16 bits per heavy atom. The zero-order valence-corrected chi connectivity index (χ0v) is 10.4. The lowest BCUT2D eigenvalue weighted by atomic mass is 10.1. The van der Waals surface area contributed by atoms with E-state index in [0.717, 1.165) is 22.8 Å². The van der Waals surface area contributed by atoms with Gasteiger partial charge in [0.15, 0.2) is 6.29 Å². The van der Waals surface area contributed by atoms with E-state index in [9.17, 15) is 9.18 Å². The molecule has 0 bridgehead atoms. The van der Waals surface area contributed by atoms with Crippen LogP contribution in [0.3, 0.4) is 0 Å². The standard InChI is InChI=1S/C16H12FNO/c1-10-5-6-15-13(7-10)14(9-19)16(18-15)11-3-2-4-12(17)8-11/h2-9,18H,1H3. The molecule has 3 aromatic rings. The number of fused-ring (bicyclic) bond motifs is 1. The Kier molecular flexibility index (Phi) is 2.67. The van der Waals surface area contributed by atoms with Gasteiger partial charge in [-0.1, -0.05) is 23.8 Å². The summed E-state index contributed by atoms with van der Waals surface area (Å²) >= 11 is 0. The van der Waals surface area contributed by atoms with Crippen molar-refractivity contribution >= 4 is 17.2 Å². The first-order chi connectivity index (χ1) is 9.19. The van der Waals surface area contributed by atoms with Crippen molar-refractivity contribution in [3.05, 3.63) is 59.4 Å². The Hall–Kier alpha value is -2.42. The number of hydrogen-bond donors (Lipinski definition) is 1. The Morgan fingerprint density at radius 2 is 2.00 bits per heavy atom. The fraction of sp³-hybridized carbons (Fsp3) is 0.0625.